The van der Waals surface area contributed by atoms with Gasteiger partial charge >= 0.3 is 0 Å². The number of rotatable bonds is 4. The molecule has 1 aliphatic heterocycles. The van der Waals surface area contributed by atoms with Crippen LogP contribution in [0.2, 0.25) is 0 Å². The van der Waals surface area contributed by atoms with E-state index in [1.165, 1.54) is 60.6 Å². The third kappa shape index (κ3) is 5.15. The molecule has 3 heteroatoms. The van der Waals surface area contributed by atoms with Crippen LogP contribution in [0.5, 0.6) is 11.5 Å². The van der Waals surface area contributed by atoms with E-state index in [0.29, 0.717) is 0 Å². The van der Waals surface area contributed by atoms with Crippen LogP contribution in [0.15, 0.2) is 231 Å². The first-order chi connectivity index (χ1) is 32.2. The van der Waals surface area contributed by atoms with E-state index >= 15 is 0 Å². The number of nitrogens with zero attached hydrogens (tertiary/aromatic N) is 2. The Hall–Kier alpha value is -8.53. The fourth-order valence-electron chi connectivity index (χ4n) is 11.2. The number of pyridine rings is 1. The van der Waals surface area contributed by atoms with E-state index in [-0.39, 0.29) is 0 Å². The number of aromatic nitrogens is 2. The summed E-state index contributed by atoms with van der Waals surface area (Å²) in [6.45, 7) is 0. The first kappa shape index (κ1) is 36.0. The van der Waals surface area contributed by atoms with Crippen LogP contribution in [-0.4, -0.2) is 9.55 Å². The van der Waals surface area contributed by atoms with Crippen molar-refractivity contribution < 1.29 is 4.74 Å². The molecule has 0 fully saturated rings. The van der Waals surface area contributed by atoms with Gasteiger partial charge in [-0.05, 0) is 111 Å². The monoisotopic (exact) mass is 826 g/mol. The van der Waals surface area contributed by atoms with Crippen LogP contribution < -0.4 is 4.74 Å². The van der Waals surface area contributed by atoms with E-state index < -0.39 is 5.41 Å². The minimum absolute atomic E-state index is 0.502. The van der Waals surface area contributed by atoms with Gasteiger partial charge in [0.1, 0.15) is 11.5 Å². The quantitative estimate of drug-likeness (QED) is 0.165. The lowest BCUT2D eigenvalue weighted by Crippen LogP contribution is -2.32. The summed E-state index contributed by atoms with van der Waals surface area (Å²) in [7, 11) is 0. The molecule has 14 rings (SSSR count). The molecule has 0 saturated carbocycles. The molecular formula is C62H38N2O. The molecule has 1 spiro atoms. The Balaban J connectivity index is 0.918. The molecule has 12 aromatic rings. The zero-order valence-corrected chi connectivity index (χ0v) is 35.2. The third-order valence-electron chi connectivity index (χ3n) is 14.0. The van der Waals surface area contributed by atoms with Gasteiger partial charge in [-0.1, -0.05) is 170 Å². The predicted molar refractivity (Wildman–Crippen MR) is 267 cm³/mol. The van der Waals surface area contributed by atoms with E-state index in [0.717, 1.165) is 67.0 Å². The Morgan fingerprint density at radius 3 is 1.68 bits per heavy atom. The minimum Gasteiger partial charge on any atom is -0.457 e. The maximum Gasteiger partial charge on any atom is 0.132 e. The predicted octanol–water partition coefficient (Wildman–Crippen LogP) is 16.0. The Kier molecular flexibility index (Phi) is 7.61. The average molecular weight is 827 g/mol. The summed E-state index contributed by atoms with van der Waals surface area (Å²) < 4.78 is 9.11. The molecular weight excluding hydrogens is 789 g/mol. The van der Waals surface area contributed by atoms with Crippen molar-refractivity contribution in [3.63, 3.8) is 0 Å². The van der Waals surface area contributed by atoms with Gasteiger partial charge in [0.2, 0.25) is 0 Å². The molecule has 0 unspecified atom stereocenters. The molecule has 1 aliphatic carbocycles. The summed E-state index contributed by atoms with van der Waals surface area (Å²) in [6.07, 6.45) is 0. The topological polar surface area (TPSA) is 27.1 Å². The molecule has 0 saturated heterocycles. The van der Waals surface area contributed by atoms with Crippen molar-refractivity contribution in [1.82, 2.24) is 9.55 Å². The van der Waals surface area contributed by atoms with E-state index in [1.54, 1.807) is 0 Å². The SMILES string of the molecule is c1ccc(-c2nc3ccc(-c4ccc(-c5ccc6c(c5)C5(c7ccccc7O6)c6ccccc6-c6ccccc65)cc4)cc3c3cc4c5ccccc5n(-c5ccccc5)c4cc23)cc1. The standard InChI is InChI=1S/C62H38N2O/c1-3-15-41(16-4-1)61-51-38-58-50(47-21-9-13-25-57(47)64(58)44-17-5-2-6-18-44)37-48(51)49-35-42(31-33-56(49)63-61)39-27-29-40(30-28-39)43-32-34-60-55(36-43)62(54-24-12-14-26-59(54)65-60)52-22-10-7-19-45(52)46-20-8-11-23-53(46)62/h1-38H. The fraction of sp³-hybridized carbons (Fsp3) is 0.0161. The van der Waals surface area contributed by atoms with Gasteiger partial charge in [-0.2, -0.15) is 0 Å². The summed E-state index contributed by atoms with van der Waals surface area (Å²) in [4.78, 5) is 5.41. The van der Waals surface area contributed by atoms with Gasteiger partial charge in [-0.3, -0.25) is 0 Å². The van der Waals surface area contributed by atoms with Crippen LogP contribution in [0.3, 0.4) is 0 Å². The van der Waals surface area contributed by atoms with E-state index in [2.05, 4.69) is 235 Å². The Labute approximate surface area is 376 Å². The van der Waals surface area contributed by atoms with Crippen molar-refractivity contribution >= 4 is 43.5 Å². The number of hydrogen-bond donors (Lipinski definition) is 0. The highest BCUT2D eigenvalue weighted by Gasteiger charge is 2.51. The van der Waals surface area contributed by atoms with Crippen molar-refractivity contribution in [2.75, 3.05) is 0 Å². The lowest BCUT2D eigenvalue weighted by atomic mass is 9.66. The molecule has 3 nitrogen and oxygen atoms in total. The molecule has 10 aromatic carbocycles. The highest BCUT2D eigenvalue weighted by molar-refractivity contribution is 6.20. The second-order valence-electron chi connectivity index (χ2n) is 17.4. The van der Waals surface area contributed by atoms with Gasteiger partial charge in [0, 0.05) is 43.9 Å². The number of ether oxygens (including phenoxy) is 1. The summed E-state index contributed by atoms with van der Waals surface area (Å²) in [6, 6.07) is 83.7. The van der Waals surface area contributed by atoms with Gasteiger partial charge in [-0.25, -0.2) is 4.98 Å². The number of para-hydroxylation sites is 3. The summed E-state index contributed by atoms with van der Waals surface area (Å²) in [5.41, 5.74) is 18.2. The highest BCUT2D eigenvalue weighted by Crippen LogP contribution is 2.62. The molecule has 0 atom stereocenters. The Bertz CT molecular complexity index is 3860. The molecule has 65 heavy (non-hydrogen) atoms. The Morgan fingerprint density at radius 2 is 0.923 bits per heavy atom. The van der Waals surface area contributed by atoms with Crippen molar-refractivity contribution in [3.05, 3.63) is 253 Å². The number of hydrogen-bond acceptors (Lipinski definition) is 2. The van der Waals surface area contributed by atoms with Crippen LogP contribution in [-0.2, 0) is 5.41 Å². The first-order valence-electron chi connectivity index (χ1n) is 22.4. The molecule has 3 heterocycles. The molecule has 302 valence electrons. The fourth-order valence-corrected chi connectivity index (χ4v) is 11.2. The van der Waals surface area contributed by atoms with Crippen molar-refractivity contribution in [3.8, 4) is 61.8 Å². The largest absolute Gasteiger partial charge is 0.457 e. The maximum absolute atomic E-state index is 6.72. The van der Waals surface area contributed by atoms with Gasteiger partial charge < -0.3 is 9.30 Å². The molecule has 0 N–H and O–H groups in total. The lowest BCUT2D eigenvalue weighted by molar-refractivity contribution is 0.436. The maximum atomic E-state index is 6.72. The van der Waals surface area contributed by atoms with Gasteiger partial charge in [-0.15, -0.1) is 0 Å². The van der Waals surface area contributed by atoms with Crippen LogP contribution in [0.1, 0.15) is 22.3 Å². The van der Waals surface area contributed by atoms with Gasteiger partial charge in [0.05, 0.1) is 27.7 Å². The molecule has 0 radical (unpaired) electrons. The zero-order valence-electron chi connectivity index (χ0n) is 35.2. The number of benzene rings is 10. The molecule has 0 bridgehead atoms. The van der Waals surface area contributed by atoms with E-state index in [4.69, 9.17) is 9.72 Å². The van der Waals surface area contributed by atoms with Gasteiger partial charge in [0.25, 0.3) is 0 Å². The zero-order chi connectivity index (χ0) is 42.6. The average Bonchev–Trinajstić information content (AvgIpc) is 3.86. The van der Waals surface area contributed by atoms with Crippen molar-refractivity contribution in [2.45, 2.75) is 5.41 Å². The van der Waals surface area contributed by atoms with Crippen molar-refractivity contribution in [2.24, 2.45) is 0 Å². The lowest BCUT2D eigenvalue weighted by Gasteiger charge is -2.39. The highest BCUT2D eigenvalue weighted by atomic mass is 16.5. The minimum atomic E-state index is -0.502. The number of fused-ring (bicyclic) bond motifs is 15. The van der Waals surface area contributed by atoms with Gasteiger partial charge in [0.15, 0.2) is 0 Å². The molecule has 0 amide bonds. The smallest absolute Gasteiger partial charge is 0.132 e. The second kappa shape index (κ2) is 13.7. The summed E-state index contributed by atoms with van der Waals surface area (Å²) in [5, 5.41) is 5.92. The summed E-state index contributed by atoms with van der Waals surface area (Å²) in [5.74, 6) is 1.80. The van der Waals surface area contributed by atoms with Crippen LogP contribution in [0, 0.1) is 0 Å². The van der Waals surface area contributed by atoms with E-state index in [1.807, 2.05) is 0 Å². The first-order valence-corrected chi connectivity index (χ1v) is 22.4. The third-order valence-corrected chi connectivity index (χ3v) is 14.0. The van der Waals surface area contributed by atoms with Crippen molar-refractivity contribution in [1.29, 1.82) is 0 Å². The Morgan fingerprint density at radius 1 is 0.338 bits per heavy atom. The molecule has 2 aromatic heterocycles. The van der Waals surface area contributed by atoms with Crippen LogP contribution in [0.25, 0.3) is 93.8 Å². The summed E-state index contributed by atoms with van der Waals surface area (Å²) >= 11 is 0. The van der Waals surface area contributed by atoms with E-state index in [9.17, 15) is 0 Å². The molecule has 2 aliphatic rings. The van der Waals surface area contributed by atoms with Crippen LogP contribution in [0.4, 0.5) is 0 Å². The normalized spacial score (nSPS) is 13.2. The van der Waals surface area contributed by atoms with Crippen LogP contribution >= 0.6 is 0 Å². The second-order valence-corrected chi connectivity index (χ2v) is 17.4.